The number of hydrogen-bond donors (Lipinski definition) is 1. The van der Waals surface area contributed by atoms with Crippen LogP contribution in [0.4, 0.5) is 5.69 Å². The third kappa shape index (κ3) is 3.88. The topological polar surface area (TPSA) is 49.8 Å². The maximum Gasteiger partial charge on any atom is 0.137 e. The number of fused-ring (bicyclic) bond motifs is 1. The van der Waals surface area contributed by atoms with Crippen molar-refractivity contribution in [3.05, 3.63) is 52.8 Å². The van der Waals surface area contributed by atoms with Crippen LogP contribution in [-0.4, -0.2) is 52.4 Å². The van der Waals surface area contributed by atoms with Gasteiger partial charge in [-0.05, 0) is 64.3 Å². The summed E-state index contributed by atoms with van der Waals surface area (Å²) in [6, 6.07) is 12.9. The maximum absolute atomic E-state index is 6.08. The molecular formula is C21H26BrN5. The molecule has 1 aliphatic heterocycles. The molecule has 0 aliphatic carbocycles. The minimum atomic E-state index is 0.602. The second-order valence-corrected chi connectivity index (χ2v) is 8.47. The summed E-state index contributed by atoms with van der Waals surface area (Å²) in [7, 11) is 4.43. The quantitative estimate of drug-likeness (QED) is 0.686. The molecule has 0 spiro atoms. The molecule has 2 aromatic heterocycles. The van der Waals surface area contributed by atoms with Gasteiger partial charge >= 0.3 is 0 Å². The summed E-state index contributed by atoms with van der Waals surface area (Å²) in [6.07, 6.45) is 4.40. The summed E-state index contributed by atoms with van der Waals surface area (Å²) < 4.78 is 3.22. The lowest BCUT2D eigenvalue weighted by Crippen LogP contribution is -2.41. The molecular weight excluding hydrogens is 402 g/mol. The largest absolute Gasteiger partial charge is 0.398 e. The summed E-state index contributed by atoms with van der Waals surface area (Å²) in [5.41, 5.74) is 11.1. The molecule has 6 heteroatoms. The van der Waals surface area contributed by atoms with Crippen molar-refractivity contribution in [1.82, 2.24) is 19.2 Å². The highest BCUT2D eigenvalue weighted by Gasteiger charge is 2.23. The molecule has 5 nitrogen and oxygen atoms in total. The van der Waals surface area contributed by atoms with Gasteiger partial charge in [0, 0.05) is 34.5 Å². The van der Waals surface area contributed by atoms with Gasteiger partial charge in [-0.2, -0.15) is 0 Å². The maximum atomic E-state index is 6.08. The number of hydrogen-bond acceptors (Lipinski definition) is 4. The van der Waals surface area contributed by atoms with E-state index < -0.39 is 0 Å². The molecule has 0 amide bonds. The predicted octanol–water partition coefficient (Wildman–Crippen LogP) is 3.87. The number of rotatable bonds is 4. The van der Waals surface area contributed by atoms with Crippen molar-refractivity contribution in [1.29, 1.82) is 0 Å². The van der Waals surface area contributed by atoms with Gasteiger partial charge in [0.15, 0.2) is 0 Å². The van der Waals surface area contributed by atoms with E-state index in [4.69, 9.17) is 10.7 Å². The first-order valence-corrected chi connectivity index (χ1v) is 10.2. The Morgan fingerprint density at radius 2 is 1.85 bits per heavy atom. The Morgan fingerprint density at radius 1 is 1.15 bits per heavy atom. The van der Waals surface area contributed by atoms with Crippen LogP contribution in [0.2, 0.25) is 0 Å². The standard InChI is InChI=1S/C21H26BrN5/c1-25-11-9-18(10-12-25)26(2)14-19-21(15-3-5-16(22)6-4-15)24-20-8-7-17(23)13-27(19)20/h3-8,13,18H,9-12,14,23H2,1-2H3. The Labute approximate surface area is 168 Å². The van der Waals surface area contributed by atoms with Crippen molar-refractivity contribution < 1.29 is 0 Å². The van der Waals surface area contributed by atoms with Crippen LogP contribution < -0.4 is 5.73 Å². The summed E-state index contributed by atoms with van der Waals surface area (Å²) >= 11 is 3.52. The molecule has 0 saturated carbocycles. The molecule has 0 bridgehead atoms. The van der Waals surface area contributed by atoms with Crippen LogP contribution in [0.25, 0.3) is 16.9 Å². The first-order valence-electron chi connectivity index (χ1n) is 9.42. The molecule has 1 aromatic carbocycles. The fourth-order valence-electron chi connectivity index (χ4n) is 3.90. The highest BCUT2D eigenvalue weighted by molar-refractivity contribution is 9.10. The van der Waals surface area contributed by atoms with Crippen molar-refractivity contribution in [2.45, 2.75) is 25.4 Å². The van der Waals surface area contributed by atoms with Crippen molar-refractivity contribution in [3.8, 4) is 11.3 Å². The molecule has 3 heterocycles. The zero-order chi connectivity index (χ0) is 19.0. The molecule has 27 heavy (non-hydrogen) atoms. The predicted molar refractivity (Wildman–Crippen MR) is 115 cm³/mol. The highest BCUT2D eigenvalue weighted by Crippen LogP contribution is 2.28. The Kier molecular flexibility index (Phi) is 5.21. The number of anilines is 1. The van der Waals surface area contributed by atoms with E-state index in [1.165, 1.54) is 18.5 Å². The number of nitrogens with zero attached hydrogens (tertiary/aromatic N) is 4. The SMILES string of the molecule is CN1CCC(N(C)Cc2c(-c3ccc(Br)cc3)nc3ccc(N)cn23)CC1. The van der Waals surface area contributed by atoms with Gasteiger partial charge in [-0.25, -0.2) is 4.98 Å². The van der Waals surface area contributed by atoms with Crippen molar-refractivity contribution >= 4 is 27.3 Å². The van der Waals surface area contributed by atoms with E-state index >= 15 is 0 Å². The van der Waals surface area contributed by atoms with Gasteiger partial charge in [0.2, 0.25) is 0 Å². The zero-order valence-corrected chi connectivity index (χ0v) is 17.5. The fraction of sp³-hybridized carbons (Fsp3) is 0.381. The second-order valence-electron chi connectivity index (χ2n) is 7.55. The molecule has 0 atom stereocenters. The van der Waals surface area contributed by atoms with Gasteiger partial charge in [-0.1, -0.05) is 28.1 Å². The molecule has 0 radical (unpaired) electrons. The van der Waals surface area contributed by atoms with Gasteiger partial charge in [0.25, 0.3) is 0 Å². The van der Waals surface area contributed by atoms with E-state index in [2.05, 4.69) is 68.5 Å². The number of likely N-dealkylation sites (tertiary alicyclic amines) is 1. The number of imidazole rings is 1. The van der Waals surface area contributed by atoms with E-state index in [1.807, 2.05) is 18.3 Å². The molecule has 142 valence electrons. The third-order valence-corrected chi connectivity index (χ3v) is 6.10. The van der Waals surface area contributed by atoms with E-state index in [1.54, 1.807) is 0 Å². The van der Waals surface area contributed by atoms with E-state index in [0.29, 0.717) is 6.04 Å². The second kappa shape index (κ2) is 7.62. The minimum Gasteiger partial charge on any atom is -0.398 e. The lowest BCUT2D eigenvalue weighted by molar-refractivity contribution is 0.138. The first-order chi connectivity index (χ1) is 13.0. The Balaban J connectivity index is 1.71. The molecule has 4 rings (SSSR count). The number of nitrogen functional groups attached to an aromatic ring is 1. The number of aromatic nitrogens is 2. The Bertz CT molecular complexity index is 926. The molecule has 1 saturated heterocycles. The van der Waals surface area contributed by atoms with Crippen LogP contribution in [0.1, 0.15) is 18.5 Å². The molecule has 0 unspecified atom stereocenters. The van der Waals surface area contributed by atoms with Crippen LogP contribution in [0.15, 0.2) is 47.1 Å². The molecule has 1 aliphatic rings. The summed E-state index contributed by atoms with van der Waals surface area (Å²) in [5, 5.41) is 0. The first kappa shape index (κ1) is 18.5. The zero-order valence-electron chi connectivity index (χ0n) is 15.9. The van der Waals surface area contributed by atoms with E-state index in [0.717, 1.165) is 46.7 Å². The molecule has 1 fully saturated rings. The molecule has 3 aromatic rings. The normalized spacial score (nSPS) is 16.4. The van der Waals surface area contributed by atoms with Gasteiger partial charge in [0.1, 0.15) is 5.65 Å². The number of nitrogens with two attached hydrogens (primary N) is 1. The average molecular weight is 428 g/mol. The average Bonchev–Trinajstić information content (AvgIpc) is 3.00. The van der Waals surface area contributed by atoms with Gasteiger partial charge in [0.05, 0.1) is 11.4 Å². The lowest BCUT2D eigenvalue weighted by Gasteiger charge is -2.35. The summed E-state index contributed by atoms with van der Waals surface area (Å²) in [4.78, 5) is 9.80. The smallest absolute Gasteiger partial charge is 0.137 e. The number of piperidine rings is 1. The van der Waals surface area contributed by atoms with Crippen molar-refractivity contribution in [2.24, 2.45) is 0 Å². The minimum absolute atomic E-state index is 0.602. The van der Waals surface area contributed by atoms with Gasteiger partial charge in [-0.15, -0.1) is 0 Å². The highest BCUT2D eigenvalue weighted by atomic mass is 79.9. The Hall–Kier alpha value is -1.89. The van der Waals surface area contributed by atoms with Crippen molar-refractivity contribution in [3.63, 3.8) is 0 Å². The van der Waals surface area contributed by atoms with Gasteiger partial charge < -0.3 is 15.0 Å². The monoisotopic (exact) mass is 427 g/mol. The third-order valence-electron chi connectivity index (χ3n) is 5.57. The van der Waals surface area contributed by atoms with Crippen LogP contribution in [0.3, 0.4) is 0 Å². The lowest BCUT2D eigenvalue weighted by atomic mass is 10.0. The van der Waals surface area contributed by atoms with E-state index in [9.17, 15) is 0 Å². The number of pyridine rings is 1. The van der Waals surface area contributed by atoms with Crippen LogP contribution in [0.5, 0.6) is 0 Å². The van der Waals surface area contributed by atoms with Crippen LogP contribution in [-0.2, 0) is 6.54 Å². The van der Waals surface area contributed by atoms with Gasteiger partial charge in [-0.3, -0.25) is 4.90 Å². The van der Waals surface area contributed by atoms with E-state index in [-0.39, 0.29) is 0 Å². The Morgan fingerprint density at radius 3 is 2.56 bits per heavy atom. The summed E-state index contributed by atoms with van der Waals surface area (Å²) in [6.45, 7) is 3.17. The van der Waals surface area contributed by atoms with Crippen LogP contribution >= 0.6 is 15.9 Å². The molecule has 2 N–H and O–H groups in total. The number of halogens is 1. The fourth-order valence-corrected chi connectivity index (χ4v) is 4.17. The van der Waals surface area contributed by atoms with Crippen LogP contribution in [0, 0.1) is 0 Å². The summed E-state index contributed by atoms with van der Waals surface area (Å²) in [5.74, 6) is 0. The number of benzene rings is 1. The van der Waals surface area contributed by atoms with Crippen molar-refractivity contribution in [2.75, 3.05) is 32.9 Å².